The van der Waals surface area contributed by atoms with Crippen LogP contribution < -0.4 is 0 Å². The molecular formula is C23H31FO4. The fraction of sp³-hybridized carbons (Fsp3) is 0.696. The predicted molar refractivity (Wildman–Crippen MR) is 104 cm³/mol. The Labute approximate surface area is 165 Å². The van der Waals surface area contributed by atoms with E-state index in [1.807, 2.05) is 13.8 Å². The van der Waals surface area contributed by atoms with Crippen molar-refractivity contribution in [1.29, 1.82) is 0 Å². The molecule has 4 aliphatic rings. The number of aliphatic hydroxyl groups is 3. The third kappa shape index (κ3) is 2.03. The molecule has 4 nitrogen and oxygen atoms in total. The third-order valence-corrected chi connectivity index (χ3v) is 8.95. The van der Waals surface area contributed by atoms with Crippen LogP contribution in [0.4, 0.5) is 4.39 Å². The van der Waals surface area contributed by atoms with Gasteiger partial charge in [-0.05, 0) is 62.2 Å². The van der Waals surface area contributed by atoms with Crippen LogP contribution in [0.1, 0.15) is 46.5 Å². The maximum atomic E-state index is 16.9. The summed E-state index contributed by atoms with van der Waals surface area (Å²) in [5, 5.41) is 32.5. The van der Waals surface area contributed by atoms with E-state index in [0.29, 0.717) is 24.8 Å². The topological polar surface area (TPSA) is 77.8 Å². The van der Waals surface area contributed by atoms with E-state index in [1.165, 1.54) is 12.2 Å². The number of carbonyl (C=O) groups excluding carboxylic acids is 1. The third-order valence-electron chi connectivity index (χ3n) is 8.95. The molecule has 154 valence electrons. The normalized spacial score (nSPS) is 52.5. The summed E-state index contributed by atoms with van der Waals surface area (Å²) in [4.78, 5) is 11.9. The van der Waals surface area contributed by atoms with Crippen molar-refractivity contribution >= 4 is 5.78 Å². The maximum Gasteiger partial charge on any atom is 0.178 e. The van der Waals surface area contributed by atoms with Crippen molar-refractivity contribution in [2.75, 3.05) is 6.61 Å². The lowest BCUT2D eigenvalue weighted by Gasteiger charge is -2.63. The predicted octanol–water partition coefficient (Wildman–Crippen LogP) is 2.88. The molecule has 8 atom stereocenters. The Bertz CT molecular complexity index is 802. The first-order valence-electron chi connectivity index (χ1n) is 10.3. The van der Waals surface area contributed by atoms with Crippen molar-refractivity contribution in [3.05, 3.63) is 36.0 Å². The lowest BCUT2D eigenvalue weighted by atomic mass is 9.44. The minimum absolute atomic E-state index is 0.0924. The largest absolute Gasteiger partial charge is 0.392 e. The smallest absolute Gasteiger partial charge is 0.178 e. The number of halogens is 1. The number of allylic oxidation sites excluding steroid dienone is 4. The molecule has 0 aromatic heterocycles. The monoisotopic (exact) mass is 390 g/mol. The molecular weight excluding hydrogens is 359 g/mol. The van der Waals surface area contributed by atoms with Crippen LogP contribution >= 0.6 is 0 Å². The summed E-state index contributed by atoms with van der Waals surface area (Å²) in [6, 6.07) is 0. The molecule has 0 unspecified atom stereocenters. The van der Waals surface area contributed by atoms with Gasteiger partial charge in [-0.1, -0.05) is 32.1 Å². The Hall–Kier alpha value is -1.30. The number of alkyl halides is 1. The second kappa shape index (κ2) is 5.87. The Morgan fingerprint density at radius 1 is 1.36 bits per heavy atom. The number of ketones is 1. The number of fused-ring (bicyclic) bond motifs is 5. The Morgan fingerprint density at radius 2 is 2.04 bits per heavy atom. The van der Waals surface area contributed by atoms with Gasteiger partial charge in [0.2, 0.25) is 0 Å². The Kier molecular flexibility index (Phi) is 4.19. The Morgan fingerprint density at radius 3 is 2.68 bits per heavy atom. The van der Waals surface area contributed by atoms with Gasteiger partial charge in [-0.2, -0.15) is 0 Å². The summed E-state index contributed by atoms with van der Waals surface area (Å²) in [6.07, 6.45) is 5.14. The number of rotatable bonds is 2. The highest BCUT2D eigenvalue weighted by molar-refractivity contribution is 6.01. The van der Waals surface area contributed by atoms with Crippen molar-refractivity contribution in [2.45, 2.75) is 63.8 Å². The molecule has 4 aliphatic carbocycles. The highest BCUT2D eigenvalue weighted by Gasteiger charge is 2.74. The molecule has 0 aromatic rings. The zero-order valence-corrected chi connectivity index (χ0v) is 16.9. The van der Waals surface area contributed by atoms with Gasteiger partial charge in [0.15, 0.2) is 11.5 Å². The first-order chi connectivity index (χ1) is 13.0. The van der Waals surface area contributed by atoms with Crippen LogP contribution in [0.5, 0.6) is 0 Å². The lowest BCUT2D eigenvalue weighted by molar-refractivity contribution is -0.214. The van der Waals surface area contributed by atoms with Crippen molar-refractivity contribution in [2.24, 2.45) is 28.6 Å². The quantitative estimate of drug-likeness (QED) is 0.634. The molecule has 0 bridgehead atoms. The van der Waals surface area contributed by atoms with Gasteiger partial charge < -0.3 is 15.3 Å². The molecule has 0 aromatic carbocycles. The zero-order valence-electron chi connectivity index (χ0n) is 16.9. The summed E-state index contributed by atoms with van der Waals surface area (Å²) in [6.45, 7) is 9.21. The van der Waals surface area contributed by atoms with Crippen LogP contribution in [0.25, 0.3) is 0 Å². The van der Waals surface area contributed by atoms with E-state index < -0.39 is 34.1 Å². The van der Waals surface area contributed by atoms with E-state index in [4.69, 9.17) is 0 Å². The molecule has 28 heavy (non-hydrogen) atoms. The van der Waals surface area contributed by atoms with E-state index in [1.54, 1.807) is 13.0 Å². The molecule has 3 fully saturated rings. The van der Waals surface area contributed by atoms with Crippen molar-refractivity contribution in [3.63, 3.8) is 0 Å². The maximum absolute atomic E-state index is 16.9. The van der Waals surface area contributed by atoms with Crippen molar-refractivity contribution in [1.82, 2.24) is 0 Å². The number of hydrogen-bond donors (Lipinski definition) is 3. The average molecular weight is 390 g/mol. The van der Waals surface area contributed by atoms with Crippen LogP contribution in [0.2, 0.25) is 0 Å². The molecule has 0 radical (unpaired) electrons. The summed E-state index contributed by atoms with van der Waals surface area (Å²) in [7, 11) is 0. The molecule has 0 aliphatic heterocycles. The highest BCUT2D eigenvalue weighted by atomic mass is 19.1. The summed E-state index contributed by atoms with van der Waals surface area (Å²) < 4.78 is 16.9. The van der Waals surface area contributed by atoms with Gasteiger partial charge in [0.25, 0.3) is 0 Å². The molecule has 0 heterocycles. The molecule has 3 N–H and O–H groups in total. The standard InChI is InChI=1S/C23H31FO4/c1-13-9-18-17-6-5-15-10-16(26)7-8-20(15,3)22(17,24)19(27)11-21(18,4)23(13,28)14(2)12-25/h7-8,10,13,17-19,25,27-28H,2,5-6,9,11-12H2,1,3-4H3/t13-,17+,18+,19-,20+,21+,22+,23+/m1/s1. The molecule has 0 amide bonds. The van der Waals surface area contributed by atoms with Gasteiger partial charge in [-0.25, -0.2) is 4.39 Å². The summed E-state index contributed by atoms with van der Waals surface area (Å²) >= 11 is 0. The molecule has 0 spiro atoms. The van der Waals surface area contributed by atoms with Gasteiger partial charge in [-0.3, -0.25) is 4.79 Å². The summed E-state index contributed by atoms with van der Waals surface area (Å²) in [5.74, 6) is -0.907. The minimum atomic E-state index is -1.90. The SMILES string of the molecule is C=C(CO)[C@@]1(O)[C@H](C)C[C@H]2[C@@H]3CCC4=CC(=O)C=C[C@]4(C)[C@@]3(F)[C@H](O)C[C@@]21C. The average Bonchev–Trinajstić information content (AvgIpc) is 2.84. The fourth-order valence-electron chi connectivity index (χ4n) is 7.42. The van der Waals surface area contributed by atoms with Crippen LogP contribution in [-0.2, 0) is 4.79 Å². The van der Waals surface area contributed by atoms with Crippen LogP contribution in [0, 0.1) is 28.6 Å². The molecule has 5 heteroatoms. The van der Waals surface area contributed by atoms with Crippen LogP contribution in [0.3, 0.4) is 0 Å². The molecule has 4 rings (SSSR count). The van der Waals surface area contributed by atoms with E-state index in [9.17, 15) is 20.1 Å². The second-order valence-corrected chi connectivity index (χ2v) is 9.93. The van der Waals surface area contributed by atoms with Gasteiger partial charge >= 0.3 is 0 Å². The number of carbonyl (C=O) groups is 1. The van der Waals surface area contributed by atoms with E-state index in [0.717, 1.165) is 5.57 Å². The van der Waals surface area contributed by atoms with Gasteiger partial charge in [-0.15, -0.1) is 0 Å². The van der Waals surface area contributed by atoms with E-state index in [-0.39, 0.29) is 30.6 Å². The molecule has 0 saturated heterocycles. The summed E-state index contributed by atoms with van der Waals surface area (Å²) in [5.41, 5.74) is -3.94. The highest BCUT2D eigenvalue weighted by Crippen LogP contribution is 2.71. The van der Waals surface area contributed by atoms with Crippen LogP contribution in [-0.4, -0.2) is 45.1 Å². The first kappa shape index (κ1) is 20.0. The number of aliphatic hydroxyl groups excluding tert-OH is 2. The minimum Gasteiger partial charge on any atom is -0.392 e. The Balaban J connectivity index is 1.84. The first-order valence-corrected chi connectivity index (χ1v) is 10.3. The fourth-order valence-corrected chi connectivity index (χ4v) is 7.42. The molecule has 3 saturated carbocycles. The van der Waals surface area contributed by atoms with E-state index >= 15 is 4.39 Å². The lowest BCUT2D eigenvalue weighted by Crippen LogP contribution is -2.68. The van der Waals surface area contributed by atoms with Gasteiger partial charge in [0.05, 0.1) is 18.3 Å². The van der Waals surface area contributed by atoms with Crippen molar-refractivity contribution < 1.29 is 24.5 Å². The van der Waals surface area contributed by atoms with Crippen molar-refractivity contribution in [3.8, 4) is 0 Å². The second-order valence-electron chi connectivity index (χ2n) is 9.93. The van der Waals surface area contributed by atoms with E-state index in [2.05, 4.69) is 6.58 Å². The van der Waals surface area contributed by atoms with Gasteiger partial charge in [0.1, 0.15) is 0 Å². The zero-order chi connectivity index (χ0) is 20.7. The van der Waals surface area contributed by atoms with Crippen LogP contribution in [0.15, 0.2) is 36.0 Å². The van der Waals surface area contributed by atoms with Gasteiger partial charge in [0, 0.05) is 16.7 Å². The number of hydrogen-bond acceptors (Lipinski definition) is 4.